The fourth-order valence-corrected chi connectivity index (χ4v) is 7.94. The Balaban J connectivity index is 0.000000212. The van der Waals surface area contributed by atoms with Crippen molar-refractivity contribution in [2.45, 2.75) is 118 Å². The van der Waals surface area contributed by atoms with Crippen molar-refractivity contribution in [2.75, 3.05) is 0 Å². The van der Waals surface area contributed by atoms with E-state index in [4.69, 9.17) is 9.31 Å². The van der Waals surface area contributed by atoms with Crippen molar-refractivity contribution in [2.24, 2.45) is 10.8 Å². The Kier molecular flexibility index (Phi) is 16.4. The van der Waals surface area contributed by atoms with Gasteiger partial charge in [0.15, 0.2) is 0 Å². The fourth-order valence-electron chi connectivity index (χ4n) is 7.71. The highest BCUT2D eigenvalue weighted by Gasteiger charge is 2.52. The number of ether oxygens (including phenoxy) is 2. The molecule has 0 bridgehead atoms. The third kappa shape index (κ3) is 12.9. The lowest BCUT2D eigenvalue weighted by atomic mass is 9.67. The minimum absolute atomic E-state index is 0.328. The first-order valence-electron chi connectivity index (χ1n) is 21.8. The standard InChI is InChI=1S/C22H31BN2O3.C22H22F3N3O2.C6H3BrF3NO/c1-15-11-17(23-27-20(5,6)21(7,8)28-23)9-10-18(15)22(26,19(2,3)4)16-12-24-14-25-13-16;1-14-9-15(19-8-6-17(12-28-19)30-22(23,24)25)5-7-18(14)21(29,20(2,3)4)16-10-26-13-27-11-16;7-5-2-1-4(3-11-5)12-6(8,9)10/h9-14,26H,1-8H3;5-13,29H,1-4H3;1-3H. The molecule has 1 aliphatic rings. The van der Waals surface area contributed by atoms with Gasteiger partial charge in [-0.1, -0.05) is 71.9 Å². The quantitative estimate of drug-likeness (QED) is 0.0847. The lowest BCUT2D eigenvalue weighted by Crippen LogP contribution is -2.43. The normalized spacial score (nSPS) is 16.4. The van der Waals surface area contributed by atoms with Gasteiger partial charge in [-0.3, -0.25) is 4.98 Å². The molecule has 12 nitrogen and oxygen atoms in total. The maximum Gasteiger partial charge on any atom is 0.573 e. The summed E-state index contributed by atoms with van der Waals surface area (Å²) in [5.74, 6) is -0.712. The van der Waals surface area contributed by atoms with E-state index in [1.54, 1.807) is 36.9 Å². The number of aliphatic hydroxyl groups is 2. The summed E-state index contributed by atoms with van der Waals surface area (Å²) in [6, 6.07) is 16.6. The highest BCUT2D eigenvalue weighted by Crippen LogP contribution is 2.47. The van der Waals surface area contributed by atoms with Gasteiger partial charge in [0, 0.05) is 41.5 Å². The molecule has 1 saturated heterocycles. The van der Waals surface area contributed by atoms with E-state index < -0.39 is 53.1 Å². The van der Waals surface area contributed by atoms with E-state index >= 15 is 0 Å². The van der Waals surface area contributed by atoms with E-state index in [9.17, 15) is 36.6 Å². The Morgan fingerprint density at radius 2 is 0.971 bits per heavy atom. The fraction of sp³-hybridized carbons (Fsp3) is 0.400. The number of aryl methyl sites for hydroxylation is 2. The number of aromatic nitrogens is 6. The van der Waals surface area contributed by atoms with Crippen LogP contribution in [-0.2, 0) is 20.5 Å². The van der Waals surface area contributed by atoms with Gasteiger partial charge in [-0.05, 0) is 126 Å². The third-order valence-corrected chi connectivity index (χ3v) is 12.6. The van der Waals surface area contributed by atoms with Crippen molar-refractivity contribution in [1.82, 2.24) is 29.9 Å². The second-order valence-electron chi connectivity index (χ2n) is 19.7. The van der Waals surface area contributed by atoms with E-state index in [-0.39, 0.29) is 11.5 Å². The largest absolute Gasteiger partial charge is 0.573 e. The summed E-state index contributed by atoms with van der Waals surface area (Å²) < 4.78 is 92.0. The Hall–Kier alpha value is -5.54. The maximum absolute atomic E-state index is 12.3. The summed E-state index contributed by atoms with van der Waals surface area (Å²) in [4.78, 5) is 24.0. The third-order valence-electron chi connectivity index (χ3n) is 12.1. The van der Waals surface area contributed by atoms with Crippen molar-refractivity contribution in [1.29, 1.82) is 0 Å². The average molecular weight is 1040 g/mol. The first-order chi connectivity index (χ1) is 32.2. The molecule has 20 heteroatoms. The van der Waals surface area contributed by atoms with Crippen molar-refractivity contribution < 1.29 is 55.3 Å². The zero-order chi connectivity index (χ0) is 52.3. The molecule has 0 spiro atoms. The van der Waals surface area contributed by atoms with Crippen LogP contribution in [-0.4, -0.2) is 71.2 Å². The smallest absolute Gasteiger partial charge is 0.404 e. The van der Waals surface area contributed by atoms with Gasteiger partial charge in [-0.15, -0.1) is 26.3 Å². The Morgan fingerprint density at radius 1 is 0.557 bits per heavy atom. The van der Waals surface area contributed by atoms with Crippen LogP contribution in [0, 0.1) is 24.7 Å². The van der Waals surface area contributed by atoms with Gasteiger partial charge in [-0.2, -0.15) is 0 Å². The number of benzene rings is 2. The van der Waals surface area contributed by atoms with E-state index in [0.29, 0.717) is 32.6 Å². The van der Waals surface area contributed by atoms with Crippen LogP contribution in [0.2, 0.25) is 0 Å². The molecule has 2 aromatic carbocycles. The number of rotatable bonds is 8. The van der Waals surface area contributed by atoms with Crippen LogP contribution in [0.1, 0.15) is 103 Å². The van der Waals surface area contributed by atoms with Crippen LogP contribution in [0.15, 0.2) is 115 Å². The van der Waals surface area contributed by atoms with Crippen LogP contribution in [0.4, 0.5) is 26.3 Å². The minimum atomic E-state index is -4.76. The molecule has 5 heterocycles. The SMILES string of the molecule is Cc1cc(-c2ccc(OC(F)(F)F)cn2)ccc1C(O)(c1cncnc1)C(C)(C)C.Cc1cc(B2OC(C)(C)C(C)(C)O2)ccc1C(O)(c1cncnc1)C(C)(C)C.FC(F)(F)Oc1ccc(Br)nc1. The number of pyridine rings is 2. The molecular formula is C50H56BBrF6N6O6. The number of alkyl halides is 6. The predicted octanol–water partition coefficient (Wildman–Crippen LogP) is 11.1. The van der Waals surface area contributed by atoms with Gasteiger partial charge in [0.05, 0.1) is 29.3 Å². The Bertz CT molecular complexity index is 2670. The molecule has 1 aliphatic heterocycles. The molecule has 6 aromatic rings. The molecule has 0 amide bonds. The Labute approximate surface area is 412 Å². The van der Waals surface area contributed by atoms with Crippen molar-refractivity contribution in [3.8, 4) is 22.8 Å². The highest BCUT2D eigenvalue weighted by molar-refractivity contribution is 9.10. The van der Waals surface area contributed by atoms with Crippen LogP contribution in [0.25, 0.3) is 11.3 Å². The molecule has 2 atom stereocenters. The first kappa shape index (κ1) is 55.4. The summed E-state index contributed by atoms with van der Waals surface area (Å²) in [7, 11) is -0.430. The molecule has 2 N–H and O–H groups in total. The van der Waals surface area contributed by atoms with Crippen molar-refractivity contribution in [3.05, 3.63) is 148 Å². The molecule has 0 aliphatic carbocycles. The predicted molar refractivity (Wildman–Crippen MR) is 256 cm³/mol. The highest BCUT2D eigenvalue weighted by atomic mass is 79.9. The molecule has 0 saturated carbocycles. The van der Waals surface area contributed by atoms with Crippen molar-refractivity contribution in [3.63, 3.8) is 0 Å². The van der Waals surface area contributed by atoms with Gasteiger partial charge < -0.3 is 29.0 Å². The van der Waals surface area contributed by atoms with Crippen molar-refractivity contribution >= 4 is 28.5 Å². The van der Waals surface area contributed by atoms with Gasteiger partial charge in [0.1, 0.15) is 40.0 Å². The molecular weight excluding hydrogens is 985 g/mol. The zero-order valence-corrected chi connectivity index (χ0v) is 42.4. The van der Waals surface area contributed by atoms with Crippen LogP contribution in [0.5, 0.6) is 11.5 Å². The molecule has 70 heavy (non-hydrogen) atoms. The summed E-state index contributed by atoms with van der Waals surface area (Å²) >= 11 is 2.98. The molecule has 0 radical (unpaired) electrons. The second-order valence-corrected chi connectivity index (χ2v) is 20.5. The lowest BCUT2D eigenvalue weighted by Gasteiger charge is -2.41. The number of halogens is 7. The maximum atomic E-state index is 12.3. The summed E-state index contributed by atoms with van der Waals surface area (Å²) in [5.41, 5.74) is 2.26. The van der Waals surface area contributed by atoms with E-state index in [2.05, 4.69) is 55.3 Å². The summed E-state index contributed by atoms with van der Waals surface area (Å²) in [6.07, 6.45) is 2.01. The lowest BCUT2D eigenvalue weighted by molar-refractivity contribution is -0.275. The molecule has 1 fully saturated rings. The minimum Gasteiger partial charge on any atom is -0.404 e. The van der Waals surface area contributed by atoms with Gasteiger partial charge in [0.2, 0.25) is 0 Å². The summed E-state index contributed by atoms with van der Waals surface area (Å²) in [6.45, 7) is 23.9. The van der Waals surface area contributed by atoms with Gasteiger partial charge in [-0.25, -0.2) is 24.9 Å². The van der Waals surface area contributed by atoms with Crippen LogP contribution >= 0.6 is 15.9 Å². The monoisotopic (exact) mass is 1040 g/mol. The zero-order valence-electron chi connectivity index (χ0n) is 40.8. The van der Waals surface area contributed by atoms with E-state index in [1.165, 1.54) is 36.9 Å². The number of hydrogen-bond donors (Lipinski definition) is 2. The summed E-state index contributed by atoms with van der Waals surface area (Å²) in [5, 5.41) is 23.6. The number of hydrogen-bond acceptors (Lipinski definition) is 12. The van der Waals surface area contributed by atoms with Crippen LogP contribution < -0.4 is 14.9 Å². The molecule has 7 rings (SSSR count). The first-order valence-corrected chi connectivity index (χ1v) is 22.6. The van der Waals surface area contributed by atoms with Gasteiger partial charge in [0.25, 0.3) is 0 Å². The molecule has 374 valence electrons. The number of nitrogens with zero attached hydrogens (tertiary/aromatic N) is 6. The second kappa shape index (κ2) is 20.7. The topological polar surface area (TPSA) is 155 Å². The molecule has 4 aromatic heterocycles. The van der Waals surface area contributed by atoms with E-state index in [0.717, 1.165) is 34.5 Å². The van der Waals surface area contributed by atoms with Gasteiger partial charge >= 0.3 is 19.8 Å². The van der Waals surface area contributed by atoms with Crippen LogP contribution in [0.3, 0.4) is 0 Å². The Morgan fingerprint density at radius 3 is 1.33 bits per heavy atom. The van der Waals surface area contributed by atoms with E-state index in [1.807, 2.05) is 107 Å². The average Bonchev–Trinajstić information content (AvgIpc) is 3.49. The molecule has 2 unspecified atom stereocenters.